The number of nitrogens with zero attached hydrogens (tertiary/aromatic N) is 4. The molecule has 16 heavy (non-hydrogen) atoms. The molecule has 1 N–H and O–H groups in total. The zero-order chi connectivity index (χ0) is 11.5. The van der Waals surface area contributed by atoms with E-state index in [2.05, 4.69) is 15.5 Å². The van der Waals surface area contributed by atoms with Crippen LogP contribution in [0, 0.1) is 0 Å². The first-order valence-electron chi connectivity index (χ1n) is 4.40. The lowest BCUT2D eigenvalue weighted by atomic mass is 10.4. The molecule has 0 saturated heterocycles. The van der Waals surface area contributed by atoms with Crippen LogP contribution in [-0.2, 0) is 11.3 Å². The van der Waals surface area contributed by atoms with Gasteiger partial charge in [-0.15, -0.1) is 16.4 Å². The zero-order valence-electron chi connectivity index (χ0n) is 8.00. The molecule has 2 aromatic rings. The molecule has 0 aromatic carbocycles. The van der Waals surface area contributed by atoms with Gasteiger partial charge in [-0.05, 0) is 21.9 Å². The lowest BCUT2D eigenvalue weighted by molar-refractivity contribution is -0.137. The molecule has 0 aliphatic heterocycles. The molecule has 6 nitrogen and oxygen atoms in total. The second kappa shape index (κ2) is 4.58. The summed E-state index contributed by atoms with van der Waals surface area (Å²) in [5.74, 6) is -0.389. The van der Waals surface area contributed by atoms with Crippen LogP contribution in [0.2, 0.25) is 5.02 Å². The molecule has 0 atom stereocenters. The van der Waals surface area contributed by atoms with Gasteiger partial charge in [-0.1, -0.05) is 11.6 Å². The minimum atomic E-state index is -0.890. The standard InChI is InChI=1S/C8H7ClN4O2S/c9-5-2-4-16-7(5)8-10-11-12-13(8)3-1-6(14)15/h2,4H,1,3H2,(H,14,15). The third-order valence-corrected chi connectivity index (χ3v) is 3.23. The number of carboxylic acid groups (broad SMARTS) is 1. The smallest absolute Gasteiger partial charge is 0.305 e. The van der Waals surface area contributed by atoms with Crippen LogP contribution in [-0.4, -0.2) is 31.3 Å². The number of aryl methyl sites for hydroxylation is 1. The minimum absolute atomic E-state index is 0.0268. The van der Waals surface area contributed by atoms with Crippen LogP contribution >= 0.6 is 22.9 Å². The third-order valence-electron chi connectivity index (χ3n) is 1.89. The molecule has 0 saturated carbocycles. The SMILES string of the molecule is O=C(O)CCn1nnnc1-c1sccc1Cl. The van der Waals surface area contributed by atoms with Crippen molar-refractivity contribution in [2.24, 2.45) is 0 Å². The number of carbonyl (C=O) groups is 1. The second-order valence-corrected chi connectivity index (χ2v) is 4.29. The molecular formula is C8H7ClN4O2S. The van der Waals surface area contributed by atoms with Crippen molar-refractivity contribution in [3.63, 3.8) is 0 Å². The second-order valence-electron chi connectivity index (χ2n) is 2.97. The van der Waals surface area contributed by atoms with Crippen molar-refractivity contribution in [2.45, 2.75) is 13.0 Å². The molecule has 0 unspecified atom stereocenters. The molecule has 8 heteroatoms. The van der Waals surface area contributed by atoms with E-state index in [0.29, 0.717) is 10.8 Å². The number of halogens is 1. The summed E-state index contributed by atoms with van der Waals surface area (Å²) >= 11 is 7.36. The maximum Gasteiger partial charge on any atom is 0.305 e. The number of carboxylic acids is 1. The highest BCUT2D eigenvalue weighted by Crippen LogP contribution is 2.31. The number of rotatable bonds is 4. The van der Waals surface area contributed by atoms with Crippen molar-refractivity contribution in [3.8, 4) is 10.7 Å². The monoisotopic (exact) mass is 258 g/mol. The van der Waals surface area contributed by atoms with Gasteiger partial charge >= 0.3 is 5.97 Å². The zero-order valence-corrected chi connectivity index (χ0v) is 9.57. The number of aromatic nitrogens is 4. The first-order chi connectivity index (χ1) is 7.68. The molecule has 0 radical (unpaired) electrons. The molecule has 0 aliphatic rings. The molecule has 0 aliphatic carbocycles. The molecule has 0 bridgehead atoms. The highest BCUT2D eigenvalue weighted by Gasteiger charge is 2.14. The van der Waals surface area contributed by atoms with Crippen LogP contribution in [0.3, 0.4) is 0 Å². The Bertz CT molecular complexity index is 510. The van der Waals surface area contributed by atoms with Gasteiger partial charge in [0.05, 0.1) is 22.9 Å². The molecule has 0 fully saturated rings. The highest BCUT2D eigenvalue weighted by molar-refractivity contribution is 7.14. The fourth-order valence-electron chi connectivity index (χ4n) is 1.17. The van der Waals surface area contributed by atoms with Crippen LogP contribution in [0.5, 0.6) is 0 Å². The summed E-state index contributed by atoms with van der Waals surface area (Å²) in [5.41, 5.74) is 0. The largest absolute Gasteiger partial charge is 0.481 e. The average Bonchev–Trinajstić information content (AvgIpc) is 2.82. The van der Waals surface area contributed by atoms with Crippen molar-refractivity contribution >= 4 is 28.9 Å². The Hall–Kier alpha value is -1.47. The van der Waals surface area contributed by atoms with Crippen molar-refractivity contribution in [1.82, 2.24) is 20.2 Å². The summed E-state index contributed by atoms with van der Waals surface area (Å²) < 4.78 is 1.44. The van der Waals surface area contributed by atoms with Gasteiger partial charge in [0.25, 0.3) is 0 Å². The summed E-state index contributed by atoms with van der Waals surface area (Å²) in [6, 6.07) is 1.75. The van der Waals surface area contributed by atoms with Crippen molar-refractivity contribution < 1.29 is 9.90 Å². The van der Waals surface area contributed by atoms with Crippen LogP contribution in [0.1, 0.15) is 6.42 Å². The number of hydrogen-bond acceptors (Lipinski definition) is 5. The highest BCUT2D eigenvalue weighted by atomic mass is 35.5. The van der Waals surface area contributed by atoms with Crippen molar-refractivity contribution in [2.75, 3.05) is 0 Å². The van der Waals surface area contributed by atoms with E-state index in [1.165, 1.54) is 16.0 Å². The summed E-state index contributed by atoms with van der Waals surface area (Å²) in [7, 11) is 0. The van der Waals surface area contributed by atoms with E-state index in [1.807, 2.05) is 5.38 Å². The van der Waals surface area contributed by atoms with Gasteiger partial charge in [0, 0.05) is 0 Å². The van der Waals surface area contributed by atoms with E-state index in [4.69, 9.17) is 16.7 Å². The number of aliphatic carboxylic acids is 1. The van der Waals surface area contributed by atoms with E-state index in [1.54, 1.807) is 6.07 Å². The molecule has 0 spiro atoms. The van der Waals surface area contributed by atoms with Gasteiger partial charge in [0.2, 0.25) is 0 Å². The van der Waals surface area contributed by atoms with Crippen LogP contribution in [0.4, 0.5) is 0 Å². The van der Waals surface area contributed by atoms with E-state index in [0.717, 1.165) is 4.88 Å². The Morgan fingerprint density at radius 3 is 3.06 bits per heavy atom. The Morgan fingerprint density at radius 1 is 1.62 bits per heavy atom. The third kappa shape index (κ3) is 2.20. The van der Waals surface area contributed by atoms with E-state index in [-0.39, 0.29) is 13.0 Å². The first-order valence-corrected chi connectivity index (χ1v) is 5.65. The van der Waals surface area contributed by atoms with Gasteiger partial charge in [-0.3, -0.25) is 4.79 Å². The number of thiophene rings is 1. The molecule has 2 rings (SSSR count). The van der Waals surface area contributed by atoms with Crippen LogP contribution in [0.15, 0.2) is 11.4 Å². The predicted molar refractivity (Wildman–Crippen MR) is 58.4 cm³/mol. The van der Waals surface area contributed by atoms with Crippen molar-refractivity contribution in [1.29, 1.82) is 0 Å². The van der Waals surface area contributed by atoms with Gasteiger partial charge in [0.1, 0.15) is 0 Å². The molecular weight excluding hydrogens is 252 g/mol. The topological polar surface area (TPSA) is 80.9 Å². The molecule has 0 amide bonds. The Labute approximate surface area is 99.5 Å². The quantitative estimate of drug-likeness (QED) is 0.899. The van der Waals surface area contributed by atoms with Crippen LogP contribution < -0.4 is 0 Å². The van der Waals surface area contributed by atoms with Crippen molar-refractivity contribution in [3.05, 3.63) is 16.5 Å². The Balaban J connectivity index is 2.26. The normalized spacial score (nSPS) is 10.6. The first kappa shape index (κ1) is 11.0. The molecule has 84 valence electrons. The van der Waals surface area contributed by atoms with Gasteiger partial charge < -0.3 is 5.11 Å². The summed E-state index contributed by atoms with van der Waals surface area (Å²) in [5, 5.41) is 22.0. The Kier molecular flexibility index (Phi) is 3.16. The maximum atomic E-state index is 10.5. The summed E-state index contributed by atoms with van der Waals surface area (Å²) in [4.78, 5) is 11.2. The molecule has 2 heterocycles. The van der Waals surface area contributed by atoms with Crippen LogP contribution in [0.25, 0.3) is 10.7 Å². The van der Waals surface area contributed by atoms with Gasteiger partial charge in [0.15, 0.2) is 5.82 Å². The van der Waals surface area contributed by atoms with E-state index < -0.39 is 5.97 Å². The minimum Gasteiger partial charge on any atom is -0.481 e. The predicted octanol–water partition coefficient (Wildman–Crippen LogP) is 1.53. The average molecular weight is 259 g/mol. The fourth-order valence-corrected chi connectivity index (χ4v) is 2.30. The van der Waals surface area contributed by atoms with Gasteiger partial charge in [-0.25, -0.2) is 4.68 Å². The number of hydrogen-bond donors (Lipinski definition) is 1. The van der Waals surface area contributed by atoms with Gasteiger partial charge in [-0.2, -0.15) is 0 Å². The maximum absolute atomic E-state index is 10.5. The molecule has 2 aromatic heterocycles. The summed E-state index contributed by atoms with van der Waals surface area (Å²) in [6.45, 7) is 0.228. The Morgan fingerprint density at radius 2 is 2.44 bits per heavy atom. The van der Waals surface area contributed by atoms with E-state index >= 15 is 0 Å². The fraction of sp³-hybridized carbons (Fsp3) is 0.250. The summed E-state index contributed by atoms with van der Waals surface area (Å²) in [6.07, 6.45) is -0.0268. The van der Waals surface area contributed by atoms with E-state index in [9.17, 15) is 4.79 Å². The lowest BCUT2D eigenvalue weighted by Crippen LogP contribution is -2.07. The number of tetrazole rings is 1. The lowest BCUT2D eigenvalue weighted by Gasteiger charge is -2.00.